The summed E-state index contributed by atoms with van der Waals surface area (Å²) in [6, 6.07) is 17.0. The van der Waals surface area contributed by atoms with Crippen molar-refractivity contribution in [2.75, 3.05) is 13.2 Å². The molecule has 0 bridgehead atoms. The lowest BCUT2D eigenvalue weighted by Crippen LogP contribution is -2.39. The third-order valence-corrected chi connectivity index (χ3v) is 4.48. The monoisotopic (exact) mass is 341 g/mol. The summed E-state index contributed by atoms with van der Waals surface area (Å²) < 4.78 is 5.68. The number of rotatable bonds is 9. The van der Waals surface area contributed by atoms with Crippen LogP contribution in [0.1, 0.15) is 36.1 Å². The molecule has 0 aliphatic rings. The molecule has 0 aliphatic heterocycles. The van der Waals surface area contributed by atoms with E-state index in [-0.39, 0.29) is 0 Å². The van der Waals surface area contributed by atoms with Gasteiger partial charge in [0, 0.05) is 19.1 Å². The van der Waals surface area contributed by atoms with E-state index in [4.69, 9.17) is 4.74 Å². The van der Waals surface area contributed by atoms with E-state index < -0.39 is 6.10 Å². The van der Waals surface area contributed by atoms with E-state index in [9.17, 15) is 5.11 Å². The Labute approximate surface area is 152 Å². The van der Waals surface area contributed by atoms with Gasteiger partial charge in [0.25, 0.3) is 0 Å². The van der Waals surface area contributed by atoms with Gasteiger partial charge in [-0.05, 0) is 44.4 Å². The highest BCUT2D eigenvalue weighted by atomic mass is 16.5. The minimum atomic E-state index is -0.490. The second kappa shape index (κ2) is 9.71. The smallest absolute Gasteiger partial charge is 0.0900 e. The van der Waals surface area contributed by atoms with Gasteiger partial charge in [-0.2, -0.15) is 0 Å². The van der Waals surface area contributed by atoms with Crippen molar-refractivity contribution in [2.45, 2.75) is 53.0 Å². The van der Waals surface area contributed by atoms with Crippen LogP contribution in [0.15, 0.2) is 48.5 Å². The van der Waals surface area contributed by atoms with Crippen LogP contribution in [0.5, 0.6) is 0 Å². The molecule has 3 nitrogen and oxygen atoms in total. The van der Waals surface area contributed by atoms with Crippen LogP contribution >= 0.6 is 0 Å². The van der Waals surface area contributed by atoms with Crippen LogP contribution < -0.4 is 0 Å². The summed E-state index contributed by atoms with van der Waals surface area (Å²) in [4.78, 5) is 2.30. The van der Waals surface area contributed by atoms with Gasteiger partial charge in [0.15, 0.2) is 0 Å². The predicted molar refractivity (Wildman–Crippen MR) is 104 cm³/mol. The van der Waals surface area contributed by atoms with Gasteiger partial charge in [0.1, 0.15) is 0 Å². The fourth-order valence-electron chi connectivity index (χ4n) is 2.86. The van der Waals surface area contributed by atoms with Crippen LogP contribution in [0.3, 0.4) is 0 Å². The van der Waals surface area contributed by atoms with Crippen molar-refractivity contribution in [3.05, 3.63) is 70.8 Å². The van der Waals surface area contributed by atoms with Crippen molar-refractivity contribution in [1.29, 1.82) is 0 Å². The van der Waals surface area contributed by atoms with Crippen molar-refractivity contribution >= 4 is 0 Å². The quantitative estimate of drug-likeness (QED) is 0.745. The lowest BCUT2D eigenvalue weighted by molar-refractivity contribution is 0.00310. The summed E-state index contributed by atoms with van der Waals surface area (Å²) in [7, 11) is 0. The summed E-state index contributed by atoms with van der Waals surface area (Å²) in [6.45, 7) is 11.0. The fourth-order valence-corrected chi connectivity index (χ4v) is 2.86. The number of nitrogens with zero attached hydrogens (tertiary/aromatic N) is 1. The number of aliphatic hydroxyl groups is 1. The normalized spacial score (nSPS) is 12.8. The van der Waals surface area contributed by atoms with Crippen LogP contribution in [-0.4, -0.2) is 35.3 Å². The SMILES string of the molecule is Cc1ccc(C)c(CN(C[C@@H](O)COCc2ccccc2)C(C)C)c1. The van der Waals surface area contributed by atoms with Crippen LogP contribution in [0, 0.1) is 13.8 Å². The van der Waals surface area contributed by atoms with Crippen molar-refractivity contribution in [3.8, 4) is 0 Å². The first-order chi connectivity index (χ1) is 12.0. The van der Waals surface area contributed by atoms with Crippen LogP contribution in [0.25, 0.3) is 0 Å². The number of hydrogen-bond donors (Lipinski definition) is 1. The second-order valence-corrected chi connectivity index (χ2v) is 7.11. The second-order valence-electron chi connectivity index (χ2n) is 7.11. The molecule has 25 heavy (non-hydrogen) atoms. The highest BCUT2D eigenvalue weighted by Crippen LogP contribution is 2.15. The van der Waals surface area contributed by atoms with E-state index in [0.29, 0.717) is 25.8 Å². The molecular weight excluding hydrogens is 310 g/mol. The maximum absolute atomic E-state index is 10.4. The first-order valence-corrected chi connectivity index (χ1v) is 9.05. The number of aliphatic hydroxyl groups excluding tert-OH is 1. The van der Waals surface area contributed by atoms with Gasteiger partial charge in [-0.25, -0.2) is 0 Å². The highest BCUT2D eigenvalue weighted by Gasteiger charge is 2.16. The number of benzene rings is 2. The Kier molecular flexibility index (Phi) is 7.63. The third-order valence-electron chi connectivity index (χ3n) is 4.48. The molecule has 2 rings (SSSR count). The van der Waals surface area contributed by atoms with E-state index >= 15 is 0 Å². The molecule has 0 aliphatic carbocycles. The standard InChI is InChI=1S/C22H31NO2/c1-17(2)23(13-21-12-18(3)10-11-19(21)4)14-22(24)16-25-15-20-8-6-5-7-9-20/h5-12,17,22,24H,13-16H2,1-4H3/t22-/m1/s1. The molecule has 0 amide bonds. The number of ether oxygens (including phenoxy) is 1. The van der Waals surface area contributed by atoms with Crippen LogP contribution in [0.2, 0.25) is 0 Å². The topological polar surface area (TPSA) is 32.7 Å². The van der Waals surface area contributed by atoms with Gasteiger partial charge in [0.2, 0.25) is 0 Å². The van der Waals surface area contributed by atoms with Crippen molar-refractivity contribution < 1.29 is 9.84 Å². The maximum Gasteiger partial charge on any atom is 0.0900 e. The Balaban J connectivity index is 1.86. The summed E-state index contributed by atoms with van der Waals surface area (Å²) in [5, 5.41) is 10.4. The highest BCUT2D eigenvalue weighted by molar-refractivity contribution is 5.30. The van der Waals surface area contributed by atoms with E-state index in [1.54, 1.807) is 0 Å². The molecule has 0 unspecified atom stereocenters. The zero-order valence-electron chi connectivity index (χ0n) is 15.9. The van der Waals surface area contributed by atoms with E-state index in [1.165, 1.54) is 16.7 Å². The van der Waals surface area contributed by atoms with Gasteiger partial charge >= 0.3 is 0 Å². The fraction of sp³-hybridized carbons (Fsp3) is 0.455. The van der Waals surface area contributed by atoms with Crippen LogP contribution in [0.4, 0.5) is 0 Å². The van der Waals surface area contributed by atoms with E-state index in [1.807, 2.05) is 30.3 Å². The molecule has 0 radical (unpaired) electrons. The van der Waals surface area contributed by atoms with Crippen LogP contribution in [-0.2, 0) is 17.9 Å². The Morgan fingerprint density at radius 3 is 2.44 bits per heavy atom. The average Bonchev–Trinajstić information content (AvgIpc) is 2.58. The van der Waals surface area contributed by atoms with E-state index in [2.05, 4.69) is 50.8 Å². The molecule has 136 valence electrons. The minimum Gasteiger partial charge on any atom is -0.389 e. The van der Waals surface area contributed by atoms with Crippen molar-refractivity contribution in [3.63, 3.8) is 0 Å². The molecule has 0 spiro atoms. The molecule has 1 atom stereocenters. The Morgan fingerprint density at radius 1 is 1.04 bits per heavy atom. The summed E-state index contributed by atoms with van der Waals surface area (Å²) in [6.07, 6.45) is -0.490. The van der Waals surface area contributed by atoms with E-state index in [0.717, 1.165) is 12.1 Å². The number of hydrogen-bond acceptors (Lipinski definition) is 3. The Bertz CT molecular complexity index is 640. The van der Waals surface area contributed by atoms with Gasteiger partial charge < -0.3 is 9.84 Å². The Morgan fingerprint density at radius 2 is 1.76 bits per heavy atom. The predicted octanol–water partition coefficient (Wildman–Crippen LogP) is 4.09. The third kappa shape index (κ3) is 6.62. The van der Waals surface area contributed by atoms with Gasteiger partial charge in [-0.1, -0.05) is 54.1 Å². The molecule has 0 fully saturated rings. The first-order valence-electron chi connectivity index (χ1n) is 9.05. The number of aryl methyl sites for hydroxylation is 2. The van der Waals surface area contributed by atoms with Gasteiger partial charge in [0.05, 0.1) is 19.3 Å². The maximum atomic E-state index is 10.4. The lowest BCUT2D eigenvalue weighted by atomic mass is 10.0. The molecule has 0 heterocycles. The summed E-state index contributed by atoms with van der Waals surface area (Å²) in [5.74, 6) is 0. The molecule has 1 N–H and O–H groups in total. The minimum absolute atomic E-state index is 0.352. The molecule has 2 aromatic rings. The molecule has 0 aromatic heterocycles. The first kappa shape index (κ1) is 19.6. The average molecular weight is 341 g/mol. The van der Waals surface area contributed by atoms with Crippen molar-refractivity contribution in [1.82, 2.24) is 4.90 Å². The summed E-state index contributed by atoms with van der Waals surface area (Å²) in [5.41, 5.74) is 5.03. The Hall–Kier alpha value is -1.68. The zero-order chi connectivity index (χ0) is 18.2. The molecule has 0 saturated carbocycles. The van der Waals surface area contributed by atoms with Gasteiger partial charge in [-0.3, -0.25) is 4.90 Å². The summed E-state index contributed by atoms with van der Waals surface area (Å²) >= 11 is 0. The molecule has 3 heteroatoms. The molecule has 2 aromatic carbocycles. The molecule has 0 saturated heterocycles. The molecular formula is C22H31NO2. The zero-order valence-corrected chi connectivity index (χ0v) is 15.9. The lowest BCUT2D eigenvalue weighted by Gasteiger charge is -2.29. The van der Waals surface area contributed by atoms with Crippen molar-refractivity contribution in [2.24, 2.45) is 0 Å². The largest absolute Gasteiger partial charge is 0.389 e. The van der Waals surface area contributed by atoms with Gasteiger partial charge in [-0.15, -0.1) is 0 Å².